The van der Waals surface area contributed by atoms with Crippen molar-refractivity contribution in [3.63, 3.8) is 0 Å². The number of carbonyl (C=O) groups is 2. The number of aliphatic carboxylic acids is 1. The molecule has 1 aromatic rings. The van der Waals surface area contributed by atoms with Gasteiger partial charge in [0.05, 0.1) is 27.9 Å². The van der Waals surface area contributed by atoms with Crippen LogP contribution in [0.15, 0.2) is 12.1 Å². The smallest absolute Gasteiger partial charge is 0.323 e. The molecule has 0 aliphatic carbocycles. The average Bonchev–Trinajstić information content (AvgIpc) is 2.55. The Hall–Kier alpha value is -2.48. The number of hydrogen-bond donors (Lipinski definition) is 1. The van der Waals surface area contributed by atoms with E-state index in [0.717, 1.165) is 0 Å². The fourth-order valence-corrected chi connectivity index (χ4v) is 2.00. The second-order valence-corrected chi connectivity index (χ2v) is 4.53. The fourth-order valence-electron chi connectivity index (χ4n) is 2.00. The zero-order chi connectivity index (χ0) is 17.4. The third kappa shape index (κ3) is 4.75. The fraction of sp³-hybridized carbons (Fsp3) is 0.467. The van der Waals surface area contributed by atoms with E-state index in [1.807, 2.05) is 0 Å². The summed E-state index contributed by atoms with van der Waals surface area (Å²) in [6, 6.07) is 2.96. The summed E-state index contributed by atoms with van der Waals surface area (Å²) in [5.41, 5.74) is 0.233. The van der Waals surface area contributed by atoms with Gasteiger partial charge < -0.3 is 29.0 Å². The van der Waals surface area contributed by atoms with E-state index in [0.29, 0.717) is 17.2 Å². The molecule has 0 radical (unpaired) electrons. The van der Waals surface area contributed by atoms with Gasteiger partial charge in [0.2, 0.25) is 5.75 Å². The van der Waals surface area contributed by atoms with Crippen LogP contribution in [0.1, 0.15) is 10.4 Å². The van der Waals surface area contributed by atoms with Gasteiger partial charge >= 0.3 is 5.97 Å². The number of nitrogens with zero attached hydrogens (tertiary/aromatic N) is 1. The highest BCUT2D eigenvalue weighted by molar-refractivity contribution is 5.97. The Labute approximate surface area is 134 Å². The standard InChI is InChI=1S/C15H21NO7/c1-20-6-5-16(9-13(17)18)15(19)10-7-11(21-2)14(23-4)12(8-10)22-3/h7-8H,5-6,9H2,1-4H3,(H,17,18). The molecule has 8 heteroatoms. The number of benzene rings is 1. The molecule has 0 unspecified atom stereocenters. The summed E-state index contributed by atoms with van der Waals surface area (Å²) in [5, 5.41) is 8.96. The summed E-state index contributed by atoms with van der Waals surface area (Å²) in [6.07, 6.45) is 0. The topological polar surface area (TPSA) is 94.5 Å². The van der Waals surface area contributed by atoms with Crippen LogP contribution in [0.3, 0.4) is 0 Å². The first-order valence-electron chi connectivity index (χ1n) is 6.78. The van der Waals surface area contributed by atoms with Gasteiger partial charge in [-0.2, -0.15) is 0 Å². The van der Waals surface area contributed by atoms with Crippen LogP contribution in [0.25, 0.3) is 0 Å². The van der Waals surface area contributed by atoms with Crippen LogP contribution in [0.5, 0.6) is 17.2 Å². The number of methoxy groups -OCH3 is 4. The van der Waals surface area contributed by atoms with Gasteiger partial charge in [-0.15, -0.1) is 0 Å². The molecule has 0 heterocycles. The maximum Gasteiger partial charge on any atom is 0.323 e. The van der Waals surface area contributed by atoms with Gasteiger partial charge in [-0.05, 0) is 12.1 Å². The molecule has 0 aromatic heterocycles. The predicted molar refractivity (Wildman–Crippen MR) is 81.5 cm³/mol. The first kappa shape index (κ1) is 18.6. The highest BCUT2D eigenvalue weighted by atomic mass is 16.5. The maximum absolute atomic E-state index is 12.6. The molecule has 128 valence electrons. The highest BCUT2D eigenvalue weighted by Crippen LogP contribution is 2.38. The summed E-state index contributed by atoms with van der Waals surface area (Å²) < 4.78 is 20.5. The third-order valence-corrected chi connectivity index (χ3v) is 3.09. The number of rotatable bonds is 9. The Morgan fingerprint density at radius 3 is 2.00 bits per heavy atom. The minimum absolute atomic E-state index is 0.151. The van der Waals surface area contributed by atoms with Gasteiger partial charge in [-0.25, -0.2) is 0 Å². The molecule has 0 spiro atoms. The average molecular weight is 327 g/mol. The Balaban J connectivity index is 3.19. The van der Waals surface area contributed by atoms with E-state index in [-0.39, 0.29) is 18.7 Å². The van der Waals surface area contributed by atoms with E-state index < -0.39 is 18.4 Å². The number of amides is 1. The first-order chi connectivity index (χ1) is 11.0. The molecule has 0 fully saturated rings. The molecule has 1 rings (SSSR count). The van der Waals surface area contributed by atoms with Crippen LogP contribution >= 0.6 is 0 Å². The lowest BCUT2D eigenvalue weighted by Gasteiger charge is -2.21. The number of hydrogen-bond acceptors (Lipinski definition) is 6. The Morgan fingerprint density at radius 1 is 1.04 bits per heavy atom. The van der Waals surface area contributed by atoms with Crippen molar-refractivity contribution in [1.82, 2.24) is 4.90 Å². The van der Waals surface area contributed by atoms with Crippen molar-refractivity contribution in [3.05, 3.63) is 17.7 Å². The number of carboxylic acid groups (broad SMARTS) is 1. The van der Waals surface area contributed by atoms with Gasteiger partial charge in [0.1, 0.15) is 6.54 Å². The minimum Gasteiger partial charge on any atom is -0.493 e. The predicted octanol–water partition coefficient (Wildman–Crippen LogP) is 0.886. The molecule has 0 bridgehead atoms. The lowest BCUT2D eigenvalue weighted by Crippen LogP contribution is -2.38. The zero-order valence-electron chi connectivity index (χ0n) is 13.6. The van der Waals surface area contributed by atoms with Crippen LogP contribution in [0.2, 0.25) is 0 Å². The molecular formula is C15H21NO7. The number of carbonyl (C=O) groups excluding carboxylic acids is 1. The summed E-state index contributed by atoms with van der Waals surface area (Å²) in [5.74, 6) is -0.590. The minimum atomic E-state index is -1.11. The highest BCUT2D eigenvalue weighted by Gasteiger charge is 2.22. The van der Waals surface area contributed by atoms with Gasteiger partial charge in [0, 0.05) is 19.2 Å². The molecule has 0 saturated carbocycles. The lowest BCUT2D eigenvalue weighted by molar-refractivity contribution is -0.137. The molecular weight excluding hydrogens is 306 g/mol. The largest absolute Gasteiger partial charge is 0.493 e. The van der Waals surface area contributed by atoms with Gasteiger partial charge in [-0.1, -0.05) is 0 Å². The van der Waals surface area contributed by atoms with Crippen molar-refractivity contribution < 1.29 is 33.6 Å². The quantitative estimate of drug-likeness (QED) is 0.719. The van der Waals surface area contributed by atoms with Crippen LogP contribution in [0, 0.1) is 0 Å². The summed E-state index contributed by atoms with van der Waals surface area (Å²) >= 11 is 0. The van der Waals surface area contributed by atoms with Crippen LogP contribution in [0.4, 0.5) is 0 Å². The van der Waals surface area contributed by atoms with Gasteiger partial charge in [0.25, 0.3) is 5.91 Å². The van der Waals surface area contributed by atoms with E-state index in [9.17, 15) is 9.59 Å². The molecule has 0 aliphatic heterocycles. The normalized spacial score (nSPS) is 10.1. The third-order valence-electron chi connectivity index (χ3n) is 3.09. The van der Waals surface area contributed by atoms with Crippen molar-refractivity contribution in [2.45, 2.75) is 0 Å². The maximum atomic E-state index is 12.6. The van der Waals surface area contributed by atoms with Gasteiger partial charge in [-0.3, -0.25) is 9.59 Å². The molecule has 23 heavy (non-hydrogen) atoms. The van der Waals surface area contributed by atoms with E-state index in [1.54, 1.807) is 0 Å². The van der Waals surface area contributed by atoms with Crippen LogP contribution in [-0.2, 0) is 9.53 Å². The van der Waals surface area contributed by atoms with Crippen molar-refractivity contribution >= 4 is 11.9 Å². The lowest BCUT2D eigenvalue weighted by atomic mass is 10.1. The van der Waals surface area contributed by atoms with Crippen molar-refractivity contribution in [1.29, 1.82) is 0 Å². The molecule has 1 amide bonds. The Bertz CT molecular complexity index is 534. The zero-order valence-corrected chi connectivity index (χ0v) is 13.6. The van der Waals surface area contributed by atoms with Crippen molar-refractivity contribution in [2.24, 2.45) is 0 Å². The Kier molecular flexibility index (Phi) is 7.14. The van der Waals surface area contributed by atoms with Crippen molar-refractivity contribution in [2.75, 3.05) is 48.1 Å². The summed E-state index contributed by atoms with van der Waals surface area (Å²) in [4.78, 5) is 24.7. The van der Waals surface area contributed by atoms with E-state index in [1.165, 1.54) is 45.5 Å². The SMILES string of the molecule is COCCN(CC(=O)O)C(=O)c1cc(OC)c(OC)c(OC)c1. The second-order valence-electron chi connectivity index (χ2n) is 4.53. The monoisotopic (exact) mass is 327 g/mol. The van der Waals surface area contributed by atoms with E-state index >= 15 is 0 Å². The molecule has 8 nitrogen and oxygen atoms in total. The number of ether oxygens (including phenoxy) is 4. The van der Waals surface area contributed by atoms with Crippen LogP contribution in [-0.4, -0.2) is 70.0 Å². The van der Waals surface area contributed by atoms with E-state index in [4.69, 9.17) is 24.1 Å². The molecule has 1 N–H and O–H groups in total. The summed E-state index contributed by atoms with van der Waals surface area (Å²) in [7, 11) is 5.80. The second kappa shape index (κ2) is 8.84. The summed E-state index contributed by atoms with van der Waals surface area (Å²) in [6.45, 7) is -0.0550. The first-order valence-corrected chi connectivity index (χ1v) is 6.78. The molecule has 0 saturated heterocycles. The molecule has 0 atom stereocenters. The van der Waals surface area contributed by atoms with Crippen LogP contribution < -0.4 is 14.2 Å². The van der Waals surface area contributed by atoms with E-state index in [2.05, 4.69) is 0 Å². The van der Waals surface area contributed by atoms with Gasteiger partial charge in [0.15, 0.2) is 11.5 Å². The molecule has 0 aliphatic rings. The number of carboxylic acids is 1. The molecule has 1 aromatic carbocycles. The Morgan fingerprint density at radius 2 is 1.61 bits per heavy atom. The van der Waals surface area contributed by atoms with Crippen molar-refractivity contribution in [3.8, 4) is 17.2 Å².